The second-order valence-corrected chi connectivity index (χ2v) is 6.93. The van der Waals surface area contributed by atoms with Crippen LogP contribution in [0.4, 0.5) is 0 Å². The molecular weight excluding hydrogens is 354 g/mol. The van der Waals surface area contributed by atoms with E-state index >= 15 is 0 Å². The number of rotatable bonds is 6. The highest BCUT2D eigenvalue weighted by atomic mass is 35.5. The zero-order chi connectivity index (χ0) is 19.6. The maximum atomic E-state index is 12.9. The summed E-state index contributed by atoms with van der Waals surface area (Å²) in [6, 6.07) is 6.50. The van der Waals surface area contributed by atoms with Crippen LogP contribution in [0.5, 0.6) is 0 Å². The highest BCUT2D eigenvalue weighted by molar-refractivity contribution is 6.30. The van der Waals surface area contributed by atoms with E-state index in [4.69, 9.17) is 11.6 Å². The molecule has 0 saturated heterocycles. The normalized spacial score (nSPS) is 14.5. The van der Waals surface area contributed by atoms with Crippen LogP contribution in [-0.4, -0.2) is 26.8 Å². The van der Waals surface area contributed by atoms with Gasteiger partial charge in [0.2, 0.25) is 5.91 Å². The first-order valence-electron chi connectivity index (χ1n) is 8.45. The molecule has 0 aliphatic rings. The standard InChI is InChI=1S/C19H24ClN3O3/c1-6-19(18(25)26,14-7-9-15(20)10-8-14)21-17(24)11(2)16-12(3)22-23(5)13(16)4/h7-11H,6H2,1-5H3,(H,21,24)(H,25,26). The van der Waals surface area contributed by atoms with Gasteiger partial charge in [-0.3, -0.25) is 9.48 Å². The fourth-order valence-corrected chi connectivity index (χ4v) is 3.42. The van der Waals surface area contributed by atoms with Crippen molar-refractivity contribution in [3.63, 3.8) is 0 Å². The van der Waals surface area contributed by atoms with Crippen LogP contribution in [0.3, 0.4) is 0 Å². The molecule has 26 heavy (non-hydrogen) atoms. The molecule has 0 aliphatic carbocycles. The average Bonchev–Trinajstić information content (AvgIpc) is 2.84. The Morgan fingerprint density at radius 2 is 1.88 bits per heavy atom. The average molecular weight is 378 g/mol. The number of amides is 1. The first-order chi connectivity index (χ1) is 12.1. The van der Waals surface area contributed by atoms with Crippen molar-refractivity contribution in [2.45, 2.75) is 45.6 Å². The third kappa shape index (κ3) is 3.46. The highest BCUT2D eigenvalue weighted by Crippen LogP contribution is 2.30. The molecular formula is C19H24ClN3O3. The molecule has 0 spiro atoms. The Labute approximate surface area is 158 Å². The number of carbonyl (C=O) groups is 2. The highest BCUT2D eigenvalue weighted by Gasteiger charge is 2.41. The van der Waals surface area contributed by atoms with Crippen molar-refractivity contribution in [3.8, 4) is 0 Å². The van der Waals surface area contributed by atoms with E-state index in [-0.39, 0.29) is 12.3 Å². The molecule has 0 fully saturated rings. The fraction of sp³-hybridized carbons (Fsp3) is 0.421. The van der Waals surface area contributed by atoms with Crippen LogP contribution in [0.15, 0.2) is 24.3 Å². The van der Waals surface area contributed by atoms with Gasteiger partial charge in [-0.15, -0.1) is 0 Å². The summed E-state index contributed by atoms with van der Waals surface area (Å²) in [6.45, 7) is 7.23. The second-order valence-electron chi connectivity index (χ2n) is 6.49. The zero-order valence-electron chi connectivity index (χ0n) is 15.6. The van der Waals surface area contributed by atoms with E-state index in [1.54, 1.807) is 42.8 Å². The van der Waals surface area contributed by atoms with Crippen molar-refractivity contribution in [2.75, 3.05) is 0 Å². The number of aliphatic carboxylic acids is 1. The number of hydrogen-bond acceptors (Lipinski definition) is 3. The molecule has 2 rings (SSSR count). The van der Waals surface area contributed by atoms with Gasteiger partial charge in [0.1, 0.15) is 0 Å². The van der Waals surface area contributed by atoms with Crippen molar-refractivity contribution in [1.29, 1.82) is 0 Å². The first-order valence-corrected chi connectivity index (χ1v) is 8.83. The topological polar surface area (TPSA) is 84.2 Å². The van der Waals surface area contributed by atoms with E-state index < -0.39 is 17.4 Å². The number of carboxylic acid groups (broad SMARTS) is 1. The smallest absolute Gasteiger partial charge is 0.334 e. The SMILES string of the molecule is CCC(NC(=O)C(C)c1c(C)nn(C)c1C)(C(=O)O)c1ccc(Cl)cc1. The van der Waals surface area contributed by atoms with Gasteiger partial charge in [0.15, 0.2) is 5.54 Å². The molecule has 0 saturated carbocycles. The van der Waals surface area contributed by atoms with Gasteiger partial charge in [-0.25, -0.2) is 4.79 Å². The molecule has 6 nitrogen and oxygen atoms in total. The van der Waals surface area contributed by atoms with E-state index in [0.29, 0.717) is 10.6 Å². The third-order valence-electron chi connectivity index (χ3n) is 4.96. The molecule has 2 N–H and O–H groups in total. The Kier molecular flexibility index (Phi) is 5.76. The minimum atomic E-state index is -1.51. The van der Waals surface area contributed by atoms with Crippen LogP contribution >= 0.6 is 11.6 Å². The number of nitrogens with one attached hydrogen (secondary N) is 1. The van der Waals surface area contributed by atoms with Gasteiger partial charge in [0, 0.05) is 23.3 Å². The van der Waals surface area contributed by atoms with Gasteiger partial charge in [-0.1, -0.05) is 30.7 Å². The molecule has 1 aromatic carbocycles. The lowest BCUT2D eigenvalue weighted by atomic mass is 9.86. The zero-order valence-corrected chi connectivity index (χ0v) is 16.4. The second kappa shape index (κ2) is 7.50. The summed E-state index contributed by atoms with van der Waals surface area (Å²) < 4.78 is 1.72. The van der Waals surface area contributed by atoms with E-state index in [0.717, 1.165) is 17.0 Å². The van der Waals surface area contributed by atoms with E-state index in [2.05, 4.69) is 10.4 Å². The van der Waals surface area contributed by atoms with Crippen LogP contribution in [0.2, 0.25) is 5.02 Å². The van der Waals surface area contributed by atoms with Crippen LogP contribution in [0, 0.1) is 13.8 Å². The molecule has 2 atom stereocenters. The molecule has 0 radical (unpaired) electrons. The van der Waals surface area contributed by atoms with Crippen LogP contribution < -0.4 is 5.32 Å². The Balaban J connectivity index is 2.41. The number of carbonyl (C=O) groups excluding carboxylic acids is 1. The summed E-state index contributed by atoms with van der Waals surface area (Å²) in [5, 5.41) is 17.5. The number of aromatic nitrogens is 2. The molecule has 1 amide bonds. The molecule has 1 aromatic heterocycles. The third-order valence-corrected chi connectivity index (χ3v) is 5.21. The van der Waals surface area contributed by atoms with Gasteiger partial charge < -0.3 is 10.4 Å². The Bertz CT molecular complexity index is 829. The molecule has 0 bridgehead atoms. The largest absolute Gasteiger partial charge is 0.479 e. The lowest BCUT2D eigenvalue weighted by molar-refractivity contribution is -0.148. The maximum absolute atomic E-state index is 12.9. The number of halogens is 1. The van der Waals surface area contributed by atoms with Gasteiger partial charge >= 0.3 is 5.97 Å². The summed E-state index contributed by atoms with van der Waals surface area (Å²) in [7, 11) is 1.82. The molecule has 7 heteroatoms. The van der Waals surface area contributed by atoms with E-state index in [1.165, 1.54) is 0 Å². The van der Waals surface area contributed by atoms with Crippen LogP contribution in [0.25, 0.3) is 0 Å². The summed E-state index contributed by atoms with van der Waals surface area (Å²) in [5.74, 6) is -1.99. The van der Waals surface area contributed by atoms with E-state index in [9.17, 15) is 14.7 Å². The maximum Gasteiger partial charge on any atom is 0.334 e. The fourth-order valence-electron chi connectivity index (χ4n) is 3.29. The Hall–Kier alpha value is -2.34. The minimum absolute atomic E-state index is 0.202. The molecule has 0 aliphatic heterocycles. The molecule has 2 unspecified atom stereocenters. The van der Waals surface area contributed by atoms with Crippen molar-refractivity contribution in [3.05, 3.63) is 51.8 Å². The molecule has 2 aromatic rings. The number of aryl methyl sites for hydroxylation is 2. The van der Waals surface area contributed by atoms with Gasteiger partial charge in [0.05, 0.1) is 11.6 Å². The number of benzene rings is 1. The van der Waals surface area contributed by atoms with Gasteiger partial charge in [-0.2, -0.15) is 5.10 Å². The number of hydrogen-bond donors (Lipinski definition) is 2. The monoisotopic (exact) mass is 377 g/mol. The summed E-state index contributed by atoms with van der Waals surface area (Å²) >= 11 is 5.91. The lowest BCUT2D eigenvalue weighted by Gasteiger charge is -2.31. The summed E-state index contributed by atoms with van der Waals surface area (Å²) in [4.78, 5) is 25.0. The quantitative estimate of drug-likeness (QED) is 0.808. The van der Waals surface area contributed by atoms with Gasteiger partial charge in [0.25, 0.3) is 0 Å². The van der Waals surface area contributed by atoms with Gasteiger partial charge in [-0.05, 0) is 44.9 Å². The van der Waals surface area contributed by atoms with Crippen molar-refractivity contribution >= 4 is 23.5 Å². The number of nitrogens with zero attached hydrogens (tertiary/aromatic N) is 2. The predicted molar refractivity (Wildman–Crippen MR) is 100 cm³/mol. The lowest BCUT2D eigenvalue weighted by Crippen LogP contribution is -2.52. The number of carboxylic acids is 1. The van der Waals surface area contributed by atoms with Crippen molar-refractivity contribution < 1.29 is 14.7 Å². The summed E-state index contributed by atoms with van der Waals surface area (Å²) in [6.07, 6.45) is 0.202. The Morgan fingerprint density at radius 3 is 2.31 bits per heavy atom. The van der Waals surface area contributed by atoms with Crippen molar-refractivity contribution in [2.24, 2.45) is 7.05 Å². The molecule has 1 heterocycles. The molecule has 140 valence electrons. The van der Waals surface area contributed by atoms with E-state index in [1.807, 2.05) is 20.9 Å². The van der Waals surface area contributed by atoms with Crippen LogP contribution in [-0.2, 0) is 22.2 Å². The Morgan fingerprint density at radius 1 is 1.31 bits per heavy atom. The predicted octanol–water partition coefficient (Wildman–Crippen LogP) is 3.30. The summed E-state index contributed by atoms with van der Waals surface area (Å²) in [5.41, 5.74) is 1.43. The van der Waals surface area contributed by atoms with Crippen LogP contribution in [0.1, 0.15) is 48.7 Å². The van der Waals surface area contributed by atoms with Crippen molar-refractivity contribution in [1.82, 2.24) is 15.1 Å². The first kappa shape index (κ1) is 20.0. The minimum Gasteiger partial charge on any atom is -0.479 e.